The molecule has 0 aromatic carbocycles. The van der Waals surface area contributed by atoms with Crippen LogP contribution in [-0.2, 0) is 0 Å². The first-order chi connectivity index (χ1) is 7.20. The first kappa shape index (κ1) is 11.4. The van der Waals surface area contributed by atoms with Crippen molar-refractivity contribution in [2.45, 2.75) is 70.8 Å². The third-order valence-corrected chi connectivity index (χ3v) is 4.92. The summed E-state index contributed by atoms with van der Waals surface area (Å²) >= 11 is 0. The van der Waals surface area contributed by atoms with Gasteiger partial charge in [0.2, 0.25) is 0 Å². The average Bonchev–Trinajstić information content (AvgIpc) is 3.12. The topological polar surface area (TPSA) is 20.2 Å². The molecule has 0 spiro atoms. The Labute approximate surface area is 94.3 Å². The second-order valence-electron chi connectivity index (χ2n) is 5.76. The molecule has 2 fully saturated rings. The van der Waals surface area contributed by atoms with Crippen molar-refractivity contribution in [2.75, 3.05) is 0 Å². The Morgan fingerprint density at radius 3 is 2.33 bits per heavy atom. The number of rotatable bonds is 4. The highest BCUT2D eigenvalue weighted by Crippen LogP contribution is 2.50. The van der Waals surface area contributed by atoms with Crippen molar-refractivity contribution in [3.8, 4) is 0 Å². The molecule has 0 amide bonds. The summed E-state index contributed by atoms with van der Waals surface area (Å²) in [6, 6.07) is 0. The van der Waals surface area contributed by atoms with Crippen molar-refractivity contribution >= 4 is 0 Å². The van der Waals surface area contributed by atoms with Crippen LogP contribution >= 0.6 is 0 Å². The molecule has 2 rings (SSSR count). The molecule has 1 nitrogen and oxygen atoms in total. The first-order valence-corrected chi connectivity index (χ1v) is 6.93. The Kier molecular flexibility index (Phi) is 3.39. The molecule has 15 heavy (non-hydrogen) atoms. The van der Waals surface area contributed by atoms with Gasteiger partial charge in [-0.3, -0.25) is 0 Å². The van der Waals surface area contributed by atoms with Crippen LogP contribution in [0, 0.1) is 17.8 Å². The standard InChI is InChI=1S/C14H26O/c1-3-11-6-5-7-13(10-11)14(15,4-2)12-8-9-12/h11-13,15H,3-10H2,1-2H3. The van der Waals surface area contributed by atoms with Crippen LogP contribution in [0.5, 0.6) is 0 Å². The summed E-state index contributed by atoms with van der Waals surface area (Å²) < 4.78 is 0. The van der Waals surface area contributed by atoms with Crippen LogP contribution in [0.1, 0.15) is 65.2 Å². The molecule has 2 aliphatic carbocycles. The molecule has 1 N–H and O–H groups in total. The third-order valence-electron chi connectivity index (χ3n) is 4.92. The van der Waals surface area contributed by atoms with Gasteiger partial charge in [0, 0.05) is 0 Å². The van der Waals surface area contributed by atoms with Crippen molar-refractivity contribution in [1.82, 2.24) is 0 Å². The molecule has 0 radical (unpaired) electrons. The van der Waals surface area contributed by atoms with E-state index in [1.807, 2.05) is 0 Å². The minimum absolute atomic E-state index is 0.298. The van der Waals surface area contributed by atoms with Crippen LogP contribution in [0.3, 0.4) is 0 Å². The van der Waals surface area contributed by atoms with Crippen molar-refractivity contribution in [2.24, 2.45) is 17.8 Å². The van der Waals surface area contributed by atoms with E-state index >= 15 is 0 Å². The van der Waals surface area contributed by atoms with Gasteiger partial charge in [-0.1, -0.05) is 33.1 Å². The average molecular weight is 210 g/mol. The Hall–Kier alpha value is -0.0400. The zero-order valence-corrected chi connectivity index (χ0v) is 10.3. The molecule has 2 saturated carbocycles. The summed E-state index contributed by atoms with van der Waals surface area (Å²) in [6.45, 7) is 4.48. The van der Waals surface area contributed by atoms with E-state index in [9.17, 15) is 5.11 Å². The summed E-state index contributed by atoms with van der Waals surface area (Å²) in [5, 5.41) is 10.8. The molecule has 0 aliphatic heterocycles. The second-order valence-corrected chi connectivity index (χ2v) is 5.76. The molecule has 0 heterocycles. The van der Waals surface area contributed by atoms with Crippen LogP contribution < -0.4 is 0 Å². The monoisotopic (exact) mass is 210 g/mol. The molecule has 3 unspecified atom stereocenters. The van der Waals surface area contributed by atoms with E-state index in [0.29, 0.717) is 11.8 Å². The van der Waals surface area contributed by atoms with Crippen LogP contribution in [0.4, 0.5) is 0 Å². The quantitative estimate of drug-likeness (QED) is 0.749. The molecule has 3 atom stereocenters. The molecule has 0 saturated heterocycles. The van der Waals surface area contributed by atoms with E-state index < -0.39 is 0 Å². The summed E-state index contributed by atoms with van der Waals surface area (Å²) in [4.78, 5) is 0. The SMILES string of the molecule is CCC1CCCC(C(O)(CC)C2CC2)C1. The van der Waals surface area contributed by atoms with Crippen molar-refractivity contribution in [3.63, 3.8) is 0 Å². The Morgan fingerprint density at radius 2 is 1.80 bits per heavy atom. The highest BCUT2D eigenvalue weighted by molar-refractivity contribution is 4.99. The maximum Gasteiger partial charge on any atom is 0.0701 e. The van der Waals surface area contributed by atoms with Gasteiger partial charge >= 0.3 is 0 Å². The molecular formula is C14H26O. The molecule has 1 heteroatoms. The van der Waals surface area contributed by atoms with E-state index in [0.717, 1.165) is 12.3 Å². The zero-order valence-electron chi connectivity index (χ0n) is 10.3. The zero-order chi connectivity index (χ0) is 10.9. The van der Waals surface area contributed by atoms with Gasteiger partial charge in [-0.2, -0.15) is 0 Å². The van der Waals surface area contributed by atoms with Crippen LogP contribution in [-0.4, -0.2) is 10.7 Å². The Bertz CT molecular complexity index is 209. The Morgan fingerprint density at radius 1 is 1.07 bits per heavy atom. The van der Waals surface area contributed by atoms with E-state index in [1.165, 1.54) is 44.9 Å². The summed E-state index contributed by atoms with van der Waals surface area (Å²) in [5.74, 6) is 2.14. The van der Waals surface area contributed by atoms with Crippen molar-refractivity contribution in [1.29, 1.82) is 0 Å². The van der Waals surface area contributed by atoms with E-state index in [2.05, 4.69) is 13.8 Å². The van der Waals surface area contributed by atoms with Gasteiger partial charge < -0.3 is 5.11 Å². The summed E-state index contributed by atoms with van der Waals surface area (Å²) in [7, 11) is 0. The summed E-state index contributed by atoms with van der Waals surface area (Å²) in [5.41, 5.74) is -0.298. The fourth-order valence-corrected chi connectivity index (χ4v) is 3.61. The third kappa shape index (κ3) is 2.22. The van der Waals surface area contributed by atoms with Crippen molar-refractivity contribution < 1.29 is 5.11 Å². The normalized spacial score (nSPS) is 36.2. The van der Waals surface area contributed by atoms with Gasteiger partial charge in [0.15, 0.2) is 0 Å². The minimum atomic E-state index is -0.298. The molecule has 0 aromatic heterocycles. The molecule has 0 aromatic rings. The van der Waals surface area contributed by atoms with Gasteiger partial charge in [0.1, 0.15) is 0 Å². The van der Waals surface area contributed by atoms with Gasteiger partial charge in [-0.05, 0) is 49.9 Å². The van der Waals surface area contributed by atoms with Gasteiger partial charge in [0.25, 0.3) is 0 Å². The highest BCUT2D eigenvalue weighted by Gasteiger charge is 2.48. The van der Waals surface area contributed by atoms with Crippen LogP contribution in [0.2, 0.25) is 0 Å². The summed E-state index contributed by atoms with van der Waals surface area (Å²) in [6.07, 6.45) is 10.1. The molecule has 0 bridgehead atoms. The van der Waals surface area contributed by atoms with Gasteiger partial charge in [0.05, 0.1) is 5.60 Å². The number of hydrogen-bond donors (Lipinski definition) is 1. The lowest BCUT2D eigenvalue weighted by Gasteiger charge is -2.41. The van der Waals surface area contributed by atoms with E-state index in [4.69, 9.17) is 0 Å². The maximum atomic E-state index is 10.8. The van der Waals surface area contributed by atoms with E-state index in [-0.39, 0.29) is 5.60 Å². The lowest BCUT2D eigenvalue weighted by molar-refractivity contribution is -0.0630. The lowest BCUT2D eigenvalue weighted by atomic mass is 9.69. The van der Waals surface area contributed by atoms with Crippen LogP contribution in [0.15, 0.2) is 0 Å². The Balaban J connectivity index is 2.00. The molecular weight excluding hydrogens is 184 g/mol. The fraction of sp³-hybridized carbons (Fsp3) is 1.00. The predicted molar refractivity (Wildman–Crippen MR) is 63.7 cm³/mol. The minimum Gasteiger partial charge on any atom is -0.389 e. The second kappa shape index (κ2) is 4.45. The fourth-order valence-electron chi connectivity index (χ4n) is 3.61. The van der Waals surface area contributed by atoms with Crippen molar-refractivity contribution in [3.05, 3.63) is 0 Å². The lowest BCUT2D eigenvalue weighted by Crippen LogP contribution is -2.42. The maximum absolute atomic E-state index is 10.8. The molecule has 2 aliphatic rings. The smallest absolute Gasteiger partial charge is 0.0701 e. The van der Waals surface area contributed by atoms with Gasteiger partial charge in [-0.25, -0.2) is 0 Å². The number of aliphatic hydroxyl groups is 1. The predicted octanol–water partition coefficient (Wildman–Crippen LogP) is 3.75. The highest BCUT2D eigenvalue weighted by atomic mass is 16.3. The number of hydrogen-bond acceptors (Lipinski definition) is 1. The van der Waals surface area contributed by atoms with E-state index in [1.54, 1.807) is 0 Å². The largest absolute Gasteiger partial charge is 0.389 e. The first-order valence-electron chi connectivity index (χ1n) is 6.93. The van der Waals surface area contributed by atoms with Gasteiger partial charge in [-0.15, -0.1) is 0 Å². The molecule has 88 valence electrons. The van der Waals surface area contributed by atoms with Crippen LogP contribution in [0.25, 0.3) is 0 Å².